The minimum absolute atomic E-state index is 0. The Kier molecular flexibility index (Phi) is 5.09. The van der Waals surface area contributed by atoms with Crippen LogP contribution in [0.1, 0.15) is 25.8 Å². The lowest BCUT2D eigenvalue weighted by molar-refractivity contribution is 0.174. The molecule has 1 aromatic carbocycles. The van der Waals surface area contributed by atoms with Crippen LogP contribution in [-0.2, 0) is 6.42 Å². The molecule has 4 heteroatoms. The summed E-state index contributed by atoms with van der Waals surface area (Å²) in [5, 5.41) is 0. The zero-order valence-electron chi connectivity index (χ0n) is 10.3. The molecule has 2 atom stereocenters. The Balaban J connectivity index is 0.00000144. The van der Waals surface area contributed by atoms with Gasteiger partial charge in [-0.05, 0) is 43.4 Å². The van der Waals surface area contributed by atoms with E-state index < -0.39 is 0 Å². The second-order valence-corrected chi connectivity index (χ2v) is 4.71. The predicted octanol–water partition coefficient (Wildman–Crippen LogP) is 2.75. The van der Waals surface area contributed by atoms with Crippen LogP contribution < -0.4 is 15.2 Å². The molecular formula is C13H20ClNO2. The Morgan fingerprint density at radius 3 is 2.65 bits per heavy atom. The summed E-state index contributed by atoms with van der Waals surface area (Å²) in [5.41, 5.74) is 7.08. The Labute approximate surface area is 109 Å². The van der Waals surface area contributed by atoms with Crippen molar-refractivity contribution >= 4 is 12.4 Å². The van der Waals surface area contributed by atoms with Crippen LogP contribution in [0.3, 0.4) is 0 Å². The van der Waals surface area contributed by atoms with Gasteiger partial charge in [0.05, 0.1) is 0 Å². The normalized spacial score (nSPS) is 16.2. The van der Waals surface area contributed by atoms with Gasteiger partial charge in [-0.15, -0.1) is 12.4 Å². The van der Waals surface area contributed by atoms with E-state index in [4.69, 9.17) is 15.2 Å². The predicted molar refractivity (Wildman–Crippen MR) is 70.9 cm³/mol. The van der Waals surface area contributed by atoms with Crippen LogP contribution in [0.5, 0.6) is 11.5 Å². The molecule has 0 radical (unpaired) electrons. The highest BCUT2D eigenvalue weighted by Gasteiger charge is 2.14. The maximum Gasteiger partial charge on any atom is 0.231 e. The monoisotopic (exact) mass is 257 g/mol. The van der Waals surface area contributed by atoms with Crippen LogP contribution >= 0.6 is 12.4 Å². The third-order valence-electron chi connectivity index (χ3n) is 2.80. The number of fused-ring (bicyclic) bond motifs is 1. The number of nitrogens with two attached hydrogens (primary N) is 1. The Bertz CT molecular complexity index is 368. The summed E-state index contributed by atoms with van der Waals surface area (Å²) in [4.78, 5) is 0. The van der Waals surface area contributed by atoms with E-state index in [0.717, 1.165) is 24.3 Å². The highest BCUT2D eigenvalue weighted by Crippen LogP contribution is 2.33. The molecule has 0 aliphatic carbocycles. The molecule has 2 N–H and O–H groups in total. The molecule has 2 rings (SSSR count). The lowest BCUT2D eigenvalue weighted by Crippen LogP contribution is -2.19. The molecule has 0 bridgehead atoms. The van der Waals surface area contributed by atoms with E-state index in [2.05, 4.69) is 26.0 Å². The zero-order valence-corrected chi connectivity index (χ0v) is 11.1. The summed E-state index contributed by atoms with van der Waals surface area (Å²) in [6.45, 7) is 4.62. The number of ether oxygens (including phenoxy) is 2. The largest absolute Gasteiger partial charge is 0.454 e. The third kappa shape index (κ3) is 3.79. The van der Waals surface area contributed by atoms with Gasteiger partial charge in [-0.3, -0.25) is 0 Å². The molecule has 17 heavy (non-hydrogen) atoms. The third-order valence-corrected chi connectivity index (χ3v) is 2.80. The average Bonchev–Trinajstić information content (AvgIpc) is 2.63. The molecule has 1 aromatic rings. The van der Waals surface area contributed by atoms with Gasteiger partial charge in [0, 0.05) is 6.04 Å². The first-order chi connectivity index (χ1) is 7.65. The minimum Gasteiger partial charge on any atom is -0.454 e. The molecule has 0 fully saturated rings. The first-order valence-corrected chi connectivity index (χ1v) is 5.79. The van der Waals surface area contributed by atoms with E-state index in [1.165, 1.54) is 5.56 Å². The smallest absolute Gasteiger partial charge is 0.231 e. The molecule has 1 heterocycles. The SMILES string of the molecule is CC(N)CC(C)Cc1ccc2c(c1)OCO2.Cl. The van der Waals surface area contributed by atoms with E-state index >= 15 is 0 Å². The van der Waals surface area contributed by atoms with Crippen molar-refractivity contribution in [3.63, 3.8) is 0 Å². The van der Waals surface area contributed by atoms with Gasteiger partial charge < -0.3 is 15.2 Å². The van der Waals surface area contributed by atoms with Crippen LogP contribution in [0, 0.1) is 5.92 Å². The molecule has 3 nitrogen and oxygen atoms in total. The van der Waals surface area contributed by atoms with Gasteiger partial charge >= 0.3 is 0 Å². The van der Waals surface area contributed by atoms with Gasteiger partial charge in [0.25, 0.3) is 0 Å². The summed E-state index contributed by atoms with van der Waals surface area (Å²) >= 11 is 0. The first-order valence-electron chi connectivity index (χ1n) is 5.79. The van der Waals surface area contributed by atoms with Crippen LogP contribution in [0.4, 0.5) is 0 Å². The molecule has 0 saturated carbocycles. The fourth-order valence-electron chi connectivity index (χ4n) is 2.19. The lowest BCUT2D eigenvalue weighted by Gasteiger charge is -2.14. The van der Waals surface area contributed by atoms with Gasteiger partial charge in [0.1, 0.15) is 0 Å². The van der Waals surface area contributed by atoms with Gasteiger partial charge in [-0.25, -0.2) is 0 Å². The zero-order chi connectivity index (χ0) is 11.5. The number of benzene rings is 1. The van der Waals surface area contributed by atoms with E-state index in [1.807, 2.05) is 6.07 Å². The highest BCUT2D eigenvalue weighted by molar-refractivity contribution is 5.85. The average molecular weight is 258 g/mol. The molecule has 96 valence electrons. The van der Waals surface area contributed by atoms with Crippen molar-refractivity contribution in [2.45, 2.75) is 32.7 Å². The van der Waals surface area contributed by atoms with E-state index in [9.17, 15) is 0 Å². The summed E-state index contributed by atoms with van der Waals surface area (Å²) in [5.74, 6) is 2.31. The van der Waals surface area contributed by atoms with Crippen LogP contribution in [-0.4, -0.2) is 12.8 Å². The summed E-state index contributed by atoms with van der Waals surface area (Å²) in [6.07, 6.45) is 2.09. The van der Waals surface area contributed by atoms with Gasteiger partial charge in [-0.2, -0.15) is 0 Å². The first kappa shape index (κ1) is 14.1. The fraction of sp³-hybridized carbons (Fsp3) is 0.538. The lowest BCUT2D eigenvalue weighted by atomic mass is 9.95. The number of hydrogen-bond acceptors (Lipinski definition) is 3. The fourth-order valence-corrected chi connectivity index (χ4v) is 2.19. The molecule has 1 aliphatic rings. The standard InChI is InChI=1S/C13H19NO2.ClH/c1-9(5-10(2)14)6-11-3-4-12-13(7-11)16-8-15-12;/h3-4,7,9-10H,5-6,8,14H2,1-2H3;1H. The van der Waals surface area contributed by atoms with Crippen molar-refractivity contribution in [1.29, 1.82) is 0 Å². The highest BCUT2D eigenvalue weighted by atomic mass is 35.5. The van der Waals surface area contributed by atoms with Crippen molar-refractivity contribution in [2.24, 2.45) is 11.7 Å². The van der Waals surface area contributed by atoms with Crippen LogP contribution in [0.2, 0.25) is 0 Å². The maximum atomic E-state index is 5.79. The number of hydrogen-bond donors (Lipinski definition) is 1. The molecule has 2 unspecified atom stereocenters. The van der Waals surface area contributed by atoms with Crippen LogP contribution in [0.15, 0.2) is 18.2 Å². The quantitative estimate of drug-likeness (QED) is 0.902. The number of rotatable bonds is 4. The van der Waals surface area contributed by atoms with Gasteiger partial charge in [-0.1, -0.05) is 13.0 Å². The summed E-state index contributed by atoms with van der Waals surface area (Å²) < 4.78 is 10.6. The van der Waals surface area contributed by atoms with Crippen molar-refractivity contribution in [3.8, 4) is 11.5 Å². The van der Waals surface area contributed by atoms with Gasteiger partial charge in [0.15, 0.2) is 11.5 Å². The minimum atomic E-state index is 0. The molecular weight excluding hydrogens is 238 g/mol. The molecule has 0 amide bonds. The molecule has 0 saturated heterocycles. The second kappa shape index (κ2) is 6.12. The van der Waals surface area contributed by atoms with E-state index in [-0.39, 0.29) is 18.4 Å². The van der Waals surface area contributed by atoms with Crippen molar-refractivity contribution < 1.29 is 9.47 Å². The summed E-state index contributed by atoms with van der Waals surface area (Å²) in [6, 6.07) is 6.42. The maximum absolute atomic E-state index is 5.79. The Morgan fingerprint density at radius 1 is 1.24 bits per heavy atom. The molecule has 1 aliphatic heterocycles. The topological polar surface area (TPSA) is 44.5 Å². The van der Waals surface area contributed by atoms with Crippen molar-refractivity contribution in [3.05, 3.63) is 23.8 Å². The van der Waals surface area contributed by atoms with E-state index in [1.54, 1.807) is 0 Å². The van der Waals surface area contributed by atoms with Crippen LogP contribution in [0.25, 0.3) is 0 Å². The Hall–Kier alpha value is -0.930. The van der Waals surface area contributed by atoms with Crippen molar-refractivity contribution in [2.75, 3.05) is 6.79 Å². The van der Waals surface area contributed by atoms with Gasteiger partial charge in [0.2, 0.25) is 6.79 Å². The van der Waals surface area contributed by atoms with Crippen molar-refractivity contribution in [1.82, 2.24) is 0 Å². The number of halogens is 1. The molecule has 0 aromatic heterocycles. The van der Waals surface area contributed by atoms with E-state index in [0.29, 0.717) is 12.7 Å². The second-order valence-electron chi connectivity index (χ2n) is 4.71. The summed E-state index contributed by atoms with van der Waals surface area (Å²) in [7, 11) is 0. The molecule has 0 spiro atoms. The Morgan fingerprint density at radius 2 is 1.94 bits per heavy atom.